The highest BCUT2D eigenvalue weighted by Gasteiger charge is 2.19. The minimum atomic E-state index is 0.100. The number of carbonyl (C=O) groups is 2. The first-order chi connectivity index (χ1) is 10.6. The molecule has 1 aliphatic heterocycles. The van der Waals surface area contributed by atoms with Gasteiger partial charge in [0.05, 0.1) is 5.75 Å². The molecule has 120 valence electrons. The highest BCUT2D eigenvalue weighted by molar-refractivity contribution is 7.99. The van der Waals surface area contributed by atoms with E-state index in [1.165, 1.54) is 11.1 Å². The van der Waals surface area contributed by atoms with Crippen molar-refractivity contribution in [2.75, 3.05) is 31.9 Å². The topological polar surface area (TPSA) is 40.6 Å². The van der Waals surface area contributed by atoms with Crippen molar-refractivity contribution in [2.24, 2.45) is 0 Å². The van der Waals surface area contributed by atoms with Crippen LogP contribution in [0.3, 0.4) is 0 Å². The fourth-order valence-electron chi connectivity index (χ4n) is 2.51. The molecule has 0 N–H and O–H groups in total. The van der Waals surface area contributed by atoms with Gasteiger partial charge in [0, 0.05) is 38.9 Å². The summed E-state index contributed by atoms with van der Waals surface area (Å²) in [6, 6.07) is 8.43. The molecular formula is C17H24N2O2S. The van der Waals surface area contributed by atoms with Crippen LogP contribution in [0.4, 0.5) is 0 Å². The van der Waals surface area contributed by atoms with Crippen LogP contribution < -0.4 is 0 Å². The molecule has 22 heavy (non-hydrogen) atoms. The van der Waals surface area contributed by atoms with Crippen LogP contribution in [-0.2, 0) is 15.3 Å². The van der Waals surface area contributed by atoms with E-state index in [1.54, 1.807) is 18.7 Å². The predicted octanol–water partition coefficient (Wildman–Crippen LogP) is 2.31. The van der Waals surface area contributed by atoms with Gasteiger partial charge in [-0.2, -0.15) is 0 Å². The lowest BCUT2D eigenvalue weighted by Crippen LogP contribution is -2.37. The van der Waals surface area contributed by atoms with Gasteiger partial charge in [-0.05, 0) is 18.9 Å². The molecular weight excluding hydrogens is 296 g/mol. The van der Waals surface area contributed by atoms with Crippen molar-refractivity contribution in [1.82, 2.24) is 9.80 Å². The third-order valence-electron chi connectivity index (χ3n) is 3.91. The molecule has 2 rings (SSSR count). The third kappa shape index (κ3) is 5.05. The van der Waals surface area contributed by atoms with Crippen molar-refractivity contribution in [3.8, 4) is 0 Å². The molecule has 0 unspecified atom stereocenters. The Hall–Kier alpha value is -1.49. The lowest BCUT2D eigenvalue weighted by molar-refractivity contribution is -0.130. The van der Waals surface area contributed by atoms with Crippen LogP contribution in [-0.4, -0.2) is 53.5 Å². The summed E-state index contributed by atoms with van der Waals surface area (Å²) in [7, 11) is 0. The van der Waals surface area contributed by atoms with E-state index in [2.05, 4.69) is 31.2 Å². The fourth-order valence-corrected chi connectivity index (χ4v) is 3.40. The van der Waals surface area contributed by atoms with Gasteiger partial charge < -0.3 is 9.80 Å². The van der Waals surface area contributed by atoms with E-state index in [0.717, 1.165) is 25.3 Å². The maximum atomic E-state index is 12.3. The predicted molar refractivity (Wildman–Crippen MR) is 90.8 cm³/mol. The molecule has 0 bridgehead atoms. The standard InChI is InChI=1S/C17H24N2O2S/c1-14-4-6-16(7-5-14)12-22-13-17(21)19-9-3-8-18(10-11-19)15(2)20/h4-7H,3,8-13H2,1-2H3. The first-order valence-electron chi connectivity index (χ1n) is 7.73. The molecule has 0 saturated carbocycles. The van der Waals surface area contributed by atoms with E-state index in [1.807, 2.05) is 9.80 Å². The van der Waals surface area contributed by atoms with Crippen LogP contribution in [0.25, 0.3) is 0 Å². The van der Waals surface area contributed by atoms with Crippen LogP contribution in [0.15, 0.2) is 24.3 Å². The average molecular weight is 320 g/mol. The van der Waals surface area contributed by atoms with E-state index >= 15 is 0 Å². The zero-order valence-corrected chi connectivity index (χ0v) is 14.2. The second-order valence-corrected chi connectivity index (χ2v) is 6.70. The van der Waals surface area contributed by atoms with Crippen LogP contribution in [0.2, 0.25) is 0 Å². The van der Waals surface area contributed by atoms with Crippen molar-refractivity contribution >= 4 is 23.6 Å². The zero-order valence-electron chi connectivity index (χ0n) is 13.4. The van der Waals surface area contributed by atoms with Crippen molar-refractivity contribution < 1.29 is 9.59 Å². The van der Waals surface area contributed by atoms with Crippen molar-refractivity contribution in [3.05, 3.63) is 35.4 Å². The van der Waals surface area contributed by atoms with E-state index in [-0.39, 0.29) is 11.8 Å². The lowest BCUT2D eigenvalue weighted by Gasteiger charge is -2.21. The van der Waals surface area contributed by atoms with Gasteiger partial charge in [0.25, 0.3) is 0 Å². The summed E-state index contributed by atoms with van der Waals surface area (Å²) in [5.41, 5.74) is 2.51. The van der Waals surface area contributed by atoms with Crippen LogP contribution in [0.5, 0.6) is 0 Å². The van der Waals surface area contributed by atoms with Gasteiger partial charge in [-0.25, -0.2) is 0 Å². The Morgan fingerprint density at radius 2 is 1.68 bits per heavy atom. The molecule has 5 heteroatoms. The molecule has 0 aliphatic carbocycles. The maximum Gasteiger partial charge on any atom is 0.232 e. The second kappa shape index (κ2) is 8.22. The minimum absolute atomic E-state index is 0.100. The van der Waals surface area contributed by atoms with Crippen molar-refractivity contribution in [3.63, 3.8) is 0 Å². The minimum Gasteiger partial charge on any atom is -0.341 e. The zero-order chi connectivity index (χ0) is 15.9. The van der Waals surface area contributed by atoms with E-state index in [0.29, 0.717) is 18.8 Å². The second-order valence-electron chi connectivity index (χ2n) is 5.72. The number of hydrogen-bond acceptors (Lipinski definition) is 3. The van der Waals surface area contributed by atoms with Crippen molar-refractivity contribution in [2.45, 2.75) is 26.0 Å². The number of thioether (sulfide) groups is 1. The summed E-state index contributed by atoms with van der Waals surface area (Å²) in [5, 5.41) is 0. The first kappa shape index (κ1) is 16.9. The Labute approximate surface area is 136 Å². The summed E-state index contributed by atoms with van der Waals surface area (Å²) in [6.45, 7) is 6.50. The molecule has 1 saturated heterocycles. The molecule has 1 heterocycles. The Morgan fingerprint density at radius 1 is 1.05 bits per heavy atom. The van der Waals surface area contributed by atoms with Gasteiger partial charge in [0.2, 0.25) is 11.8 Å². The molecule has 0 aromatic heterocycles. The molecule has 1 aromatic rings. The van der Waals surface area contributed by atoms with Crippen LogP contribution >= 0.6 is 11.8 Å². The summed E-state index contributed by atoms with van der Waals surface area (Å²) >= 11 is 1.66. The van der Waals surface area contributed by atoms with Crippen LogP contribution in [0, 0.1) is 6.92 Å². The molecule has 0 radical (unpaired) electrons. The normalized spacial score (nSPS) is 15.5. The molecule has 2 amide bonds. The summed E-state index contributed by atoms with van der Waals surface area (Å²) in [4.78, 5) is 27.4. The summed E-state index contributed by atoms with van der Waals surface area (Å²) < 4.78 is 0. The maximum absolute atomic E-state index is 12.3. The van der Waals surface area contributed by atoms with Gasteiger partial charge in [-0.1, -0.05) is 29.8 Å². The molecule has 4 nitrogen and oxygen atoms in total. The van der Waals surface area contributed by atoms with Gasteiger partial charge in [0.1, 0.15) is 0 Å². The smallest absolute Gasteiger partial charge is 0.232 e. The molecule has 0 atom stereocenters. The molecule has 1 aliphatic rings. The van der Waals surface area contributed by atoms with E-state index in [9.17, 15) is 9.59 Å². The largest absolute Gasteiger partial charge is 0.341 e. The van der Waals surface area contributed by atoms with Gasteiger partial charge in [0.15, 0.2) is 0 Å². The van der Waals surface area contributed by atoms with E-state index in [4.69, 9.17) is 0 Å². The number of benzene rings is 1. The fraction of sp³-hybridized carbons (Fsp3) is 0.529. The Morgan fingerprint density at radius 3 is 2.36 bits per heavy atom. The number of rotatable bonds is 4. The van der Waals surface area contributed by atoms with E-state index < -0.39 is 0 Å². The van der Waals surface area contributed by atoms with Gasteiger partial charge in [-0.15, -0.1) is 11.8 Å². The number of aryl methyl sites for hydroxylation is 1. The number of hydrogen-bond donors (Lipinski definition) is 0. The Bertz CT molecular complexity index is 516. The Balaban J connectivity index is 1.75. The van der Waals surface area contributed by atoms with Gasteiger partial charge >= 0.3 is 0 Å². The molecule has 0 spiro atoms. The average Bonchev–Trinajstić information content (AvgIpc) is 2.75. The number of amides is 2. The highest BCUT2D eigenvalue weighted by Crippen LogP contribution is 2.14. The number of carbonyl (C=O) groups excluding carboxylic acids is 2. The van der Waals surface area contributed by atoms with Crippen LogP contribution in [0.1, 0.15) is 24.5 Å². The lowest BCUT2D eigenvalue weighted by atomic mass is 10.2. The monoisotopic (exact) mass is 320 g/mol. The molecule has 1 fully saturated rings. The SMILES string of the molecule is CC(=O)N1CCCN(C(=O)CSCc2ccc(C)cc2)CC1. The highest BCUT2D eigenvalue weighted by atomic mass is 32.2. The summed E-state index contributed by atoms with van der Waals surface area (Å²) in [5.74, 6) is 1.65. The third-order valence-corrected chi connectivity index (χ3v) is 4.90. The van der Waals surface area contributed by atoms with Crippen molar-refractivity contribution in [1.29, 1.82) is 0 Å². The van der Waals surface area contributed by atoms with Gasteiger partial charge in [-0.3, -0.25) is 9.59 Å². The quantitative estimate of drug-likeness (QED) is 0.855. The first-order valence-corrected chi connectivity index (χ1v) is 8.88. The summed E-state index contributed by atoms with van der Waals surface area (Å²) in [6.07, 6.45) is 0.869. The Kier molecular flexibility index (Phi) is 6.31. The number of nitrogens with zero attached hydrogens (tertiary/aromatic N) is 2. The molecule has 1 aromatic carbocycles.